The third kappa shape index (κ3) is 2.05. The second kappa shape index (κ2) is 5.67. The fourth-order valence-corrected chi connectivity index (χ4v) is 5.08. The predicted molar refractivity (Wildman–Crippen MR) is 104 cm³/mol. The Hall–Kier alpha value is -3.16. The molecule has 2 fully saturated rings. The smallest absolute Gasteiger partial charge is 0.319 e. The van der Waals surface area contributed by atoms with Crippen molar-refractivity contribution in [2.75, 3.05) is 50.5 Å². The van der Waals surface area contributed by atoms with Crippen LogP contribution in [0.3, 0.4) is 0 Å². The first-order valence-electron chi connectivity index (χ1n) is 9.36. The van der Waals surface area contributed by atoms with Crippen molar-refractivity contribution in [3.8, 4) is 0 Å². The molecule has 1 unspecified atom stereocenters. The fraction of sp³-hybridized carbons (Fsp3) is 0.400. The lowest BCUT2D eigenvalue weighted by Crippen LogP contribution is -2.68. The number of hydrogen-bond acceptors (Lipinski definition) is 5. The fourth-order valence-electron chi connectivity index (χ4n) is 5.08. The van der Waals surface area contributed by atoms with Crippen LogP contribution in [0.4, 0.5) is 16.4 Å². The van der Waals surface area contributed by atoms with Gasteiger partial charge in [-0.05, 0) is 17.7 Å². The maximum absolute atomic E-state index is 13.3. The molecule has 3 aliphatic heterocycles. The van der Waals surface area contributed by atoms with E-state index in [1.807, 2.05) is 29.2 Å². The lowest BCUT2D eigenvalue weighted by Gasteiger charge is -2.54. The molecule has 0 saturated carbocycles. The minimum Gasteiger partial charge on any atom is -0.339 e. The zero-order valence-corrected chi connectivity index (χ0v) is 15.9. The van der Waals surface area contributed by atoms with Crippen molar-refractivity contribution in [3.63, 3.8) is 0 Å². The molecule has 1 N–H and O–H groups in total. The number of rotatable bonds is 1. The predicted octanol–water partition coefficient (Wildman–Crippen LogP) is 1.17. The summed E-state index contributed by atoms with van der Waals surface area (Å²) in [5, 5.41) is 3.06. The number of para-hydroxylation sites is 1. The highest BCUT2D eigenvalue weighted by atomic mass is 16.2. The summed E-state index contributed by atoms with van der Waals surface area (Å²) in [7, 11) is 3.49. The van der Waals surface area contributed by atoms with Crippen LogP contribution in [0.25, 0.3) is 0 Å². The van der Waals surface area contributed by atoms with Gasteiger partial charge in [0.2, 0.25) is 11.9 Å². The van der Waals surface area contributed by atoms with E-state index in [-0.39, 0.29) is 17.4 Å². The van der Waals surface area contributed by atoms with Gasteiger partial charge in [0.05, 0.1) is 0 Å². The summed E-state index contributed by atoms with van der Waals surface area (Å²) >= 11 is 0. The van der Waals surface area contributed by atoms with Gasteiger partial charge < -0.3 is 20.0 Å². The molecule has 144 valence electrons. The van der Waals surface area contributed by atoms with E-state index >= 15 is 0 Å². The molecule has 1 atom stereocenters. The Bertz CT molecular complexity index is 956. The molecular weight excluding hydrogens is 356 g/mol. The third-order valence-corrected chi connectivity index (χ3v) is 6.32. The van der Waals surface area contributed by atoms with Crippen LogP contribution in [0, 0.1) is 5.41 Å². The first-order valence-corrected chi connectivity index (χ1v) is 9.36. The summed E-state index contributed by atoms with van der Waals surface area (Å²) in [4.78, 5) is 40.2. The molecule has 28 heavy (non-hydrogen) atoms. The van der Waals surface area contributed by atoms with Gasteiger partial charge in [0.1, 0.15) is 5.41 Å². The van der Waals surface area contributed by atoms with Gasteiger partial charge >= 0.3 is 6.03 Å². The zero-order valence-electron chi connectivity index (χ0n) is 15.9. The van der Waals surface area contributed by atoms with Crippen molar-refractivity contribution in [2.24, 2.45) is 5.41 Å². The number of amides is 3. The standard InChI is InChI=1S/C20H22N6O2/c1-24(2)18(28)26-12-19(10-25(11-19)17-21-8-5-9-22-17)20(13-26)14-6-3-4-7-15(14)23-16(20)27/h3-9H,10-13H2,1-2H3,(H,23,27). The molecule has 0 radical (unpaired) electrons. The Morgan fingerprint density at radius 2 is 1.79 bits per heavy atom. The van der Waals surface area contributed by atoms with Gasteiger partial charge in [0, 0.05) is 63.8 Å². The van der Waals surface area contributed by atoms with Gasteiger partial charge in [-0.25, -0.2) is 14.8 Å². The summed E-state index contributed by atoms with van der Waals surface area (Å²) in [5.41, 5.74) is 0.720. The summed E-state index contributed by atoms with van der Waals surface area (Å²) in [6.07, 6.45) is 3.44. The van der Waals surface area contributed by atoms with Crippen molar-refractivity contribution >= 4 is 23.6 Å². The van der Waals surface area contributed by atoms with Crippen molar-refractivity contribution < 1.29 is 9.59 Å². The van der Waals surface area contributed by atoms with E-state index in [0.29, 0.717) is 32.1 Å². The van der Waals surface area contributed by atoms with Crippen LogP contribution in [0.2, 0.25) is 0 Å². The Labute approximate surface area is 163 Å². The molecule has 1 aromatic carbocycles. The summed E-state index contributed by atoms with van der Waals surface area (Å²) in [6, 6.07) is 9.55. The third-order valence-electron chi connectivity index (χ3n) is 6.32. The number of aromatic nitrogens is 2. The van der Waals surface area contributed by atoms with Gasteiger partial charge in [0.15, 0.2) is 0 Å². The van der Waals surface area contributed by atoms with Crippen molar-refractivity contribution in [2.45, 2.75) is 5.41 Å². The monoisotopic (exact) mass is 378 g/mol. The van der Waals surface area contributed by atoms with E-state index < -0.39 is 5.41 Å². The van der Waals surface area contributed by atoms with E-state index in [2.05, 4.69) is 20.2 Å². The molecule has 0 aliphatic carbocycles. The van der Waals surface area contributed by atoms with Crippen LogP contribution in [-0.4, -0.2) is 72.0 Å². The van der Waals surface area contributed by atoms with Gasteiger partial charge in [-0.2, -0.15) is 0 Å². The molecule has 8 nitrogen and oxygen atoms in total. The number of carbonyl (C=O) groups is 2. The number of anilines is 2. The first-order chi connectivity index (χ1) is 13.5. The Morgan fingerprint density at radius 1 is 1.07 bits per heavy atom. The number of hydrogen-bond donors (Lipinski definition) is 1. The van der Waals surface area contributed by atoms with E-state index in [1.165, 1.54) is 0 Å². The molecule has 3 amide bonds. The molecular formula is C20H22N6O2. The highest BCUT2D eigenvalue weighted by Crippen LogP contribution is 2.58. The zero-order chi connectivity index (χ0) is 19.5. The SMILES string of the molecule is CN(C)C(=O)N1CC2(CN(c3ncccn3)C2)C2(C1)C(=O)Nc1ccccc12. The van der Waals surface area contributed by atoms with Crippen LogP contribution in [0.1, 0.15) is 5.56 Å². The molecule has 2 saturated heterocycles. The average Bonchev–Trinajstić information content (AvgIpc) is 3.18. The maximum Gasteiger partial charge on any atom is 0.319 e. The van der Waals surface area contributed by atoms with Gasteiger partial charge in [0.25, 0.3) is 0 Å². The van der Waals surface area contributed by atoms with Gasteiger partial charge in [-0.15, -0.1) is 0 Å². The Kier molecular flexibility index (Phi) is 3.44. The van der Waals surface area contributed by atoms with Crippen LogP contribution in [0.5, 0.6) is 0 Å². The number of nitrogens with zero attached hydrogens (tertiary/aromatic N) is 5. The molecule has 2 spiro atoms. The molecule has 1 aromatic heterocycles. The molecule has 5 rings (SSSR count). The number of carbonyl (C=O) groups excluding carboxylic acids is 2. The number of likely N-dealkylation sites (tertiary alicyclic amines) is 1. The first kappa shape index (κ1) is 17.0. The van der Waals surface area contributed by atoms with E-state index in [4.69, 9.17) is 0 Å². The Morgan fingerprint density at radius 3 is 2.50 bits per heavy atom. The second-order valence-corrected chi connectivity index (χ2v) is 8.12. The number of benzene rings is 1. The lowest BCUT2D eigenvalue weighted by molar-refractivity contribution is -0.124. The van der Waals surface area contributed by atoms with Gasteiger partial charge in [-0.1, -0.05) is 18.2 Å². The van der Waals surface area contributed by atoms with Crippen molar-refractivity contribution in [1.29, 1.82) is 0 Å². The number of nitrogens with one attached hydrogen (secondary N) is 1. The van der Waals surface area contributed by atoms with Crippen molar-refractivity contribution in [3.05, 3.63) is 48.3 Å². The lowest BCUT2D eigenvalue weighted by atomic mass is 9.58. The normalized spacial score (nSPS) is 24.3. The number of urea groups is 1. The van der Waals surface area contributed by atoms with Crippen LogP contribution >= 0.6 is 0 Å². The van der Waals surface area contributed by atoms with E-state index in [9.17, 15) is 9.59 Å². The summed E-state index contributed by atoms with van der Waals surface area (Å²) in [6.45, 7) is 2.19. The highest BCUT2D eigenvalue weighted by Gasteiger charge is 2.70. The number of fused-ring (bicyclic) bond motifs is 3. The van der Waals surface area contributed by atoms with E-state index in [0.717, 1.165) is 11.3 Å². The van der Waals surface area contributed by atoms with Gasteiger partial charge in [-0.3, -0.25) is 4.79 Å². The largest absolute Gasteiger partial charge is 0.339 e. The van der Waals surface area contributed by atoms with Crippen LogP contribution in [-0.2, 0) is 10.2 Å². The molecule has 0 bridgehead atoms. The minimum absolute atomic E-state index is 0.0172. The highest BCUT2D eigenvalue weighted by molar-refractivity contribution is 6.08. The molecule has 4 heterocycles. The van der Waals surface area contributed by atoms with E-state index in [1.54, 1.807) is 37.5 Å². The maximum atomic E-state index is 13.3. The Balaban J connectivity index is 1.57. The van der Waals surface area contributed by atoms with Crippen LogP contribution in [0.15, 0.2) is 42.7 Å². The summed E-state index contributed by atoms with van der Waals surface area (Å²) in [5.74, 6) is 0.642. The van der Waals surface area contributed by atoms with Crippen molar-refractivity contribution in [1.82, 2.24) is 19.8 Å². The minimum atomic E-state index is -0.749. The molecule has 8 heteroatoms. The van der Waals surface area contributed by atoms with Crippen LogP contribution < -0.4 is 10.2 Å². The topological polar surface area (TPSA) is 81.7 Å². The molecule has 3 aliphatic rings. The second-order valence-electron chi connectivity index (χ2n) is 8.12. The molecule has 2 aromatic rings. The quantitative estimate of drug-likeness (QED) is 0.806. The summed E-state index contributed by atoms with van der Waals surface area (Å²) < 4.78 is 0. The average molecular weight is 378 g/mol.